The van der Waals surface area contributed by atoms with E-state index in [9.17, 15) is 29.4 Å². The minimum absolute atomic E-state index is 0.0127. The largest absolute Gasteiger partial charge is 0.508 e. The third-order valence-electron chi connectivity index (χ3n) is 3.46. The van der Waals surface area contributed by atoms with Crippen molar-refractivity contribution in [3.05, 3.63) is 29.8 Å². The van der Waals surface area contributed by atoms with Crippen LogP contribution in [0.5, 0.6) is 5.75 Å². The number of phenols is 1. The number of hydrogen-bond donors (Lipinski definition) is 7. The average Bonchev–Trinajstić information content (AvgIpc) is 2.64. The minimum atomic E-state index is -1.25. The molecule has 0 saturated carbocycles. The van der Waals surface area contributed by atoms with Crippen molar-refractivity contribution in [3.8, 4) is 5.75 Å². The number of thiol groups is 1. The lowest BCUT2D eigenvalue weighted by atomic mass is 10.1. The van der Waals surface area contributed by atoms with Gasteiger partial charge in [-0.2, -0.15) is 12.6 Å². The molecule has 0 radical (unpaired) electrons. The number of carboxylic acids is 1. The molecular weight excluding hydrogens is 376 g/mol. The van der Waals surface area contributed by atoms with Crippen LogP contribution in [0.25, 0.3) is 0 Å². The van der Waals surface area contributed by atoms with E-state index < -0.39 is 35.8 Å². The van der Waals surface area contributed by atoms with E-state index in [0.717, 1.165) is 0 Å². The summed E-state index contributed by atoms with van der Waals surface area (Å²) in [5.74, 6) is -3.19. The highest BCUT2D eigenvalue weighted by molar-refractivity contribution is 7.80. The number of aromatic hydroxyl groups is 1. The number of carbonyl (C=O) groups is 4. The summed E-state index contributed by atoms with van der Waals surface area (Å²) in [4.78, 5) is 46.5. The van der Waals surface area contributed by atoms with Gasteiger partial charge in [-0.05, 0) is 17.7 Å². The lowest BCUT2D eigenvalue weighted by Gasteiger charge is -2.20. The van der Waals surface area contributed by atoms with Gasteiger partial charge in [-0.25, -0.2) is 4.79 Å². The second-order valence-corrected chi connectivity index (χ2v) is 5.92. The quantitative estimate of drug-likeness (QED) is 0.223. The van der Waals surface area contributed by atoms with Gasteiger partial charge in [-0.3, -0.25) is 14.4 Å². The zero-order valence-electron chi connectivity index (χ0n) is 14.3. The van der Waals surface area contributed by atoms with Crippen molar-refractivity contribution in [3.63, 3.8) is 0 Å². The molecule has 10 nitrogen and oxygen atoms in total. The number of nitrogens with two attached hydrogens (primary N) is 1. The maximum absolute atomic E-state index is 12.3. The molecule has 2 atom stereocenters. The van der Waals surface area contributed by atoms with Gasteiger partial charge in [0.25, 0.3) is 0 Å². The zero-order valence-corrected chi connectivity index (χ0v) is 15.2. The first-order valence-corrected chi connectivity index (χ1v) is 8.58. The molecule has 2 unspecified atom stereocenters. The Kier molecular flexibility index (Phi) is 9.09. The Hall–Kier alpha value is -2.79. The van der Waals surface area contributed by atoms with Gasteiger partial charge in [0.05, 0.1) is 13.1 Å². The van der Waals surface area contributed by atoms with Crippen LogP contribution in [0, 0.1) is 0 Å². The van der Waals surface area contributed by atoms with Crippen molar-refractivity contribution in [1.82, 2.24) is 16.0 Å². The molecule has 7 N–H and O–H groups in total. The Morgan fingerprint density at radius 2 is 1.67 bits per heavy atom. The highest BCUT2D eigenvalue weighted by atomic mass is 32.1. The van der Waals surface area contributed by atoms with Gasteiger partial charge in [0.15, 0.2) is 0 Å². The topological polar surface area (TPSA) is 171 Å². The summed E-state index contributed by atoms with van der Waals surface area (Å²) in [6, 6.07) is 3.56. The zero-order chi connectivity index (χ0) is 20.4. The van der Waals surface area contributed by atoms with Gasteiger partial charge in [0, 0.05) is 12.2 Å². The van der Waals surface area contributed by atoms with Gasteiger partial charge >= 0.3 is 5.97 Å². The first-order valence-electron chi connectivity index (χ1n) is 7.94. The normalized spacial score (nSPS) is 12.5. The highest BCUT2D eigenvalue weighted by Gasteiger charge is 2.26. The summed E-state index contributed by atoms with van der Waals surface area (Å²) in [6.07, 6.45) is -0.0127. The molecule has 1 aromatic rings. The van der Waals surface area contributed by atoms with Crippen molar-refractivity contribution in [1.29, 1.82) is 0 Å². The number of amides is 3. The number of benzene rings is 1. The van der Waals surface area contributed by atoms with Gasteiger partial charge in [0.1, 0.15) is 17.8 Å². The van der Waals surface area contributed by atoms with Crippen LogP contribution in [0.15, 0.2) is 24.3 Å². The molecule has 0 aliphatic heterocycles. The number of rotatable bonds is 10. The monoisotopic (exact) mass is 398 g/mol. The van der Waals surface area contributed by atoms with Gasteiger partial charge in [0.2, 0.25) is 17.7 Å². The molecule has 11 heteroatoms. The van der Waals surface area contributed by atoms with Crippen LogP contribution in [-0.2, 0) is 25.6 Å². The molecule has 0 aromatic heterocycles. The molecule has 0 bridgehead atoms. The lowest BCUT2D eigenvalue weighted by Crippen LogP contribution is -2.54. The van der Waals surface area contributed by atoms with Crippen LogP contribution in [0.2, 0.25) is 0 Å². The van der Waals surface area contributed by atoms with Gasteiger partial charge in [-0.15, -0.1) is 0 Å². The fourth-order valence-corrected chi connectivity index (χ4v) is 2.29. The van der Waals surface area contributed by atoms with Crippen molar-refractivity contribution in [2.24, 2.45) is 5.73 Å². The van der Waals surface area contributed by atoms with E-state index in [0.29, 0.717) is 5.56 Å². The molecule has 27 heavy (non-hydrogen) atoms. The second kappa shape index (κ2) is 11.0. The predicted molar refractivity (Wildman–Crippen MR) is 99.2 cm³/mol. The third-order valence-corrected chi connectivity index (χ3v) is 3.82. The van der Waals surface area contributed by atoms with Crippen LogP contribution in [-0.4, -0.2) is 64.8 Å². The lowest BCUT2D eigenvalue weighted by molar-refractivity contribution is -0.142. The number of carboxylic acid groups (broad SMARTS) is 1. The molecule has 0 aliphatic carbocycles. The van der Waals surface area contributed by atoms with Crippen LogP contribution in [0.1, 0.15) is 5.56 Å². The summed E-state index contributed by atoms with van der Waals surface area (Å²) in [5, 5.41) is 25.5. The first-order chi connectivity index (χ1) is 12.8. The van der Waals surface area contributed by atoms with E-state index >= 15 is 0 Å². The van der Waals surface area contributed by atoms with Crippen LogP contribution in [0.4, 0.5) is 0 Å². The Labute approximate surface area is 160 Å². The summed E-state index contributed by atoms with van der Waals surface area (Å²) < 4.78 is 0. The van der Waals surface area contributed by atoms with E-state index in [4.69, 9.17) is 5.73 Å². The minimum Gasteiger partial charge on any atom is -0.508 e. The third kappa shape index (κ3) is 7.96. The smallest absolute Gasteiger partial charge is 0.326 e. The highest BCUT2D eigenvalue weighted by Crippen LogP contribution is 2.11. The second-order valence-electron chi connectivity index (χ2n) is 5.55. The van der Waals surface area contributed by atoms with Crippen molar-refractivity contribution >= 4 is 36.3 Å². The SMILES string of the molecule is NCC(=O)NCC(=O)NC(CS)C(=O)NC(Cc1ccc(O)cc1)C(=O)O. The fourth-order valence-electron chi connectivity index (χ4n) is 2.03. The maximum Gasteiger partial charge on any atom is 0.326 e. The van der Waals surface area contributed by atoms with Gasteiger partial charge in [-0.1, -0.05) is 12.1 Å². The number of nitrogens with one attached hydrogen (secondary N) is 3. The maximum atomic E-state index is 12.3. The molecule has 0 fully saturated rings. The summed E-state index contributed by atoms with van der Waals surface area (Å²) in [7, 11) is 0. The molecule has 148 valence electrons. The van der Waals surface area contributed by atoms with E-state index in [1.165, 1.54) is 24.3 Å². The van der Waals surface area contributed by atoms with E-state index in [-0.39, 0.29) is 31.0 Å². The average molecular weight is 398 g/mol. The van der Waals surface area contributed by atoms with Crippen LogP contribution in [0.3, 0.4) is 0 Å². The molecule has 0 aliphatic rings. The fraction of sp³-hybridized carbons (Fsp3) is 0.375. The predicted octanol–water partition coefficient (Wildman–Crippen LogP) is -2.01. The number of phenolic OH excluding ortho intramolecular Hbond substituents is 1. The Bertz CT molecular complexity index is 682. The van der Waals surface area contributed by atoms with Crippen LogP contribution >= 0.6 is 12.6 Å². The molecule has 3 amide bonds. The van der Waals surface area contributed by atoms with E-state index in [1.54, 1.807) is 0 Å². The van der Waals surface area contributed by atoms with Crippen molar-refractivity contribution in [2.45, 2.75) is 18.5 Å². The molecule has 0 saturated heterocycles. The standard InChI is InChI=1S/C16H22N4O6S/c17-6-13(22)18-7-14(23)19-12(8-27)15(24)20-11(16(25)26)5-9-1-3-10(21)4-2-9/h1-4,11-12,21,27H,5-8,17H2,(H,18,22)(H,19,23)(H,20,24)(H,25,26). The van der Waals surface area contributed by atoms with Gasteiger partial charge < -0.3 is 31.9 Å². The Balaban J connectivity index is 2.66. The van der Waals surface area contributed by atoms with E-state index in [1.807, 2.05) is 0 Å². The Morgan fingerprint density at radius 1 is 1.04 bits per heavy atom. The van der Waals surface area contributed by atoms with Crippen LogP contribution < -0.4 is 21.7 Å². The molecule has 1 rings (SSSR count). The molecule has 1 aromatic carbocycles. The van der Waals surface area contributed by atoms with Crippen molar-refractivity contribution < 1.29 is 29.4 Å². The first kappa shape index (κ1) is 22.3. The number of aliphatic carboxylic acids is 1. The molecule has 0 heterocycles. The Morgan fingerprint density at radius 3 is 2.19 bits per heavy atom. The van der Waals surface area contributed by atoms with Crippen molar-refractivity contribution in [2.75, 3.05) is 18.8 Å². The summed E-state index contributed by atoms with van der Waals surface area (Å²) >= 11 is 3.98. The number of hydrogen-bond acceptors (Lipinski definition) is 7. The molecular formula is C16H22N4O6S. The summed E-state index contributed by atoms with van der Waals surface area (Å²) in [5.41, 5.74) is 5.69. The molecule has 0 spiro atoms. The summed E-state index contributed by atoms with van der Waals surface area (Å²) in [6.45, 7) is -0.648. The number of carbonyl (C=O) groups excluding carboxylic acids is 3. The van der Waals surface area contributed by atoms with E-state index in [2.05, 4.69) is 28.6 Å².